The molecule has 0 bridgehead atoms. The molecular formula is C27H22F3N3O3. The van der Waals surface area contributed by atoms with E-state index in [9.17, 15) is 13.2 Å². The molecule has 0 saturated carbocycles. The minimum Gasteiger partial charge on any atom is -0.491 e. The fourth-order valence-electron chi connectivity index (χ4n) is 3.88. The Bertz CT molecular complexity index is 1250. The maximum Gasteiger partial charge on any atom is 0.417 e. The first-order valence-electron chi connectivity index (χ1n) is 11.2. The number of rotatable bonds is 8. The van der Waals surface area contributed by atoms with Crippen LogP contribution in [0.1, 0.15) is 22.3 Å². The molecule has 36 heavy (non-hydrogen) atoms. The van der Waals surface area contributed by atoms with E-state index in [0.717, 1.165) is 11.6 Å². The van der Waals surface area contributed by atoms with Crippen LogP contribution >= 0.6 is 0 Å². The second-order valence-corrected chi connectivity index (χ2v) is 8.15. The van der Waals surface area contributed by atoms with Crippen molar-refractivity contribution >= 4 is 5.69 Å². The molecule has 3 aromatic rings. The summed E-state index contributed by atoms with van der Waals surface area (Å²) < 4.78 is 58.4. The van der Waals surface area contributed by atoms with Crippen molar-refractivity contribution < 1.29 is 27.4 Å². The number of benzene rings is 3. The minimum absolute atomic E-state index is 0.115. The average molecular weight is 493 g/mol. The lowest BCUT2D eigenvalue weighted by atomic mass is 10.1. The molecule has 0 amide bonds. The van der Waals surface area contributed by atoms with Crippen molar-refractivity contribution in [1.82, 2.24) is 0 Å². The molecule has 0 spiro atoms. The van der Waals surface area contributed by atoms with E-state index < -0.39 is 29.6 Å². The Morgan fingerprint density at radius 3 is 2.36 bits per heavy atom. The van der Waals surface area contributed by atoms with Crippen molar-refractivity contribution in [1.29, 1.82) is 10.5 Å². The number of nitriles is 2. The van der Waals surface area contributed by atoms with E-state index in [4.69, 9.17) is 24.7 Å². The summed E-state index contributed by atoms with van der Waals surface area (Å²) in [6.45, 7) is 0.852. The largest absolute Gasteiger partial charge is 0.491 e. The molecule has 184 valence electrons. The van der Waals surface area contributed by atoms with E-state index in [0.29, 0.717) is 17.9 Å². The maximum atomic E-state index is 13.6. The zero-order valence-electron chi connectivity index (χ0n) is 19.1. The molecule has 4 rings (SSSR count). The van der Waals surface area contributed by atoms with Gasteiger partial charge < -0.3 is 19.1 Å². The zero-order valence-corrected chi connectivity index (χ0v) is 19.1. The summed E-state index contributed by atoms with van der Waals surface area (Å²) in [5.41, 5.74) is 0.297. The van der Waals surface area contributed by atoms with Gasteiger partial charge in [-0.15, -0.1) is 0 Å². The van der Waals surface area contributed by atoms with Gasteiger partial charge in [0.1, 0.15) is 18.5 Å². The number of halogens is 3. The van der Waals surface area contributed by atoms with Crippen molar-refractivity contribution in [2.24, 2.45) is 0 Å². The van der Waals surface area contributed by atoms with Crippen LogP contribution in [0.3, 0.4) is 0 Å². The highest BCUT2D eigenvalue weighted by atomic mass is 19.4. The average Bonchev–Trinajstić information content (AvgIpc) is 3.30. The van der Waals surface area contributed by atoms with Crippen LogP contribution in [0.4, 0.5) is 18.9 Å². The van der Waals surface area contributed by atoms with E-state index in [2.05, 4.69) is 0 Å². The molecule has 0 N–H and O–H groups in total. The Morgan fingerprint density at radius 1 is 0.944 bits per heavy atom. The van der Waals surface area contributed by atoms with E-state index in [1.807, 2.05) is 36.4 Å². The van der Waals surface area contributed by atoms with E-state index in [1.54, 1.807) is 35.2 Å². The van der Waals surface area contributed by atoms with E-state index >= 15 is 0 Å². The summed E-state index contributed by atoms with van der Waals surface area (Å²) in [5.74, 6) is 0.547. The SMILES string of the molecule is N#Cc1ccc(OC[C@@H]2CN(c3ccc(C#N)c(C(F)(F)F)c3)[C@@H](COCc3ccccc3)O2)cc1. The second kappa shape index (κ2) is 11.1. The third-order valence-electron chi connectivity index (χ3n) is 5.65. The van der Waals surface area contributed by atoms with E-state index in [-0.39, 0.29) is 25.4 Å². The lowest BCUT2D eigenvalue weighted by Gasteiger charge is -2.26. The van der Waals surface area contributed by atoms with Crippen LogP contribution in [0.25, 0.3) is 0 Å². The van der Waals surface area contributed by atoms with Crippen molar-refractivity contribution in [3.05, 3.63) is 95.1 Å². The zero-order chi connectivity index (χ0) is 25.5. The predicted molar refractivity (Wildman–Crippen MR) is 125 cm³/mol. The molecule has 0 radical (unpaired) electrons. The Balaban J connectivity index is 1.50. The van der Waals surface area contributed by atoms with Crippen LogP contribution in [0, 0.1) is 22.7 Å². The third-order valence-corrected chi connectivity index (χ3v) is 5.65. The van der Waals surface area contributed by atoms with Crippen molar-refractivity contribution in [2.45, 2.75) is 25.1 Å². The number of hydrogen-bond acceptors (Lipinski definition) is 6. The Kier molecular flexibility index (Phi) is 7.74. The molecule has 3 aromatic carbocycles. The van der Waals surface area contributed by atoms with Gasteiger partial charge in [0.2, 0.25) is 0 Å². The standard InChI is InChI=1S/C27H22F3N3O3/c28-27(29,30)25-12-22(9-8-21(25)14-32)33-15-24(17-35-23-10-6-19(13-31)7-11-23)36-26(33)18-34-16-20-4-2-1-3-5-20/h1-12,24,26H,15-18H2/t24-,26+/m0/s1. The topological polar surface area (TPSA) is 78.5 Å². The van der Waals surface area contributed by atoms with Gasteiger partial charge in [0.15, 0.2) is 6.23 Å². The summed E-state index contributed by atoms with van der Waals surface area (Å²) in [4.78, 5) is 1.69. The molecule has 1 aliphatic heterocycles. The van der Waals surface area contributed by atoms with Gasteiger partial charge in [-0.3, -0.25) is 0 Å². The number of ether oxygens (including phenoxy) is 3. The minimum atomic E-state index is -4.67. The highest BCUT2D eigenvalue weighted by Crippen LogP contribution is 2.36. The molecule has 6 nitrogen and oxygen atoms in total. The summed E-state index contributed by atoms with van der Waals surface area (Å²) >= 11 is 0. The van der Waals surface area contributed by atoms with Gasteiger partial charge in [-0.2, -0.15) is 23.7 Å². The normalized spacial score (nSPS) is 17.4. The van der Waals surface area contributed by atoms with Crippen LogP contribution in [0.15, 0.2) is 72.8 Å². The van der Waals surface area contributed by atoms with Gasteiger partial charge in [0.25, 0.3) is 0 Å². The van der Waals surface area contributed by atoms with Gasteiger partial charge in [0.05, 0.1) is 48.6 Å². The first-order valence-corrected chi connectivity index (χ1v) is 11.2. The fraction of sp³-hybridized carbons (Fsp3) is 0.259. The quantitative estimate of drug-likeness (QED) is 0.425. The first kappa shape index (κ1) is 25.1. The van der Waals surface area contributed by atoms with Gasteiger partial charge >= 0.3 is 6.18 Å². The van der Waals surface area contributed by atoms with Gasteiger partial charge in [0, 0.05) is 5.69 Å². The first-order chi connectivity index (χ1) is 17.4. The molecule has 1 fully saturated rings. The van der Waals surface area contributed by atoms with Gasteiger partial charge in [-0.1, -0.05) is 30.3 Å². The van der Waals surface area contributed by atoms with E-state index in [1.165, 1.54) is 12.1 Å². The lowest BCUT2D eigenvalue weighted by Crippen LogP contribution is -2.34. The highest BCUT2D eigenvalue weighted by molar-refractivity contribution is 5.55. The van der Waals surface area contributed by atoms with Crippen molar-refractivity contribution in [3.8, 4) is 17.9 Å². The molecule has 0 unspecified atom stereocenters. The molecule has 1 aliphatic rings. The summed E-state index contributed by atoms with van der Waals surface area (Å²) in [5, 5.41) is 18.1. The highest BCUT2D eigenvalue weighted by Gasteiger charge is 2.37. The molecule has 0 aromatic heterocycles. The summed E-state index contributed by atoms with van der Waals surface area (Å²) in [7, 11) is 0. The molecule has 9 heteroatoms. The maximum absolute atomic E-state index is 13.6. The molecule has 1 saturated heterocycles. The summed E-state index contributed by atoms with van der Waals surface area (Å²) in [6.07, 6.45) is -5.77. The lowest BCUT2D eigenvalue weighted by molar-refractivity contribution is -0.137. The van der Waals surface area contributed by atoms with Crippen LogP contribution in [0.5, 0.6) is 5.75 Å². The van der Waals surface area contributed by atoms with Crippen molar-refractivity contribution in [3.63, 3.8) is 0 Å². The fourth-order valence-corrected chi connectivity index (χ4v) is 3.88. The molecular weight excluding hydrogens is 471 g/mol. The Labute approximate surface area is 206 Å². The number of alkyl halides is 3. The van der Waals surface area contributed by atoms with Crippen LogP contribution in [0.2, 0.25) is 0 Å². The second-order valence-electron chi connectivity index (χ2n) is 8.15. The number of nitrogens with zero attached hydrogens (tertiary/aromatic N) is 3. The molecule has 2 atom stereocenters. The van der Waals surface area contributed by atoms with Gasteiger partial charge in [-0.05, 0) is 48.0 Å². The Hall–Kier alpha value is -4.05. The third kappa shape index (κ3) is 6.14. The predicted octanol–water partition coefficient (Wildman–Crippen LogP) is 5.28. The van der Waals surface area contributed by atoms with Gasteiger partial charge in [-0.25, -0.2) is 0 Å². The number of anilines is 1. The Morgan fingerprint density at radius 2 is 1.69 bits per heavy atom. The number of hydrogen-bond donors (Lipinski definition) is 0. The van der Waals surface area contributed by atoms with Crippen LogP contribution in [-0.2, 0) is 22.3 Å². The summed E-state index contributed by atoms with van der Waals surface area (Å²) in [6, 6.07) is 23.4. The molecule has 0 aliphatic carbocycles. The smallest absolute Gasteiger partial charge is 0.417 e. The van der Waals surface area contributed by atoms with Crippen LogP contribution < -0.4 is 9.64 Å². The monoisotopic (exact) mass is 493 g/mol. The van der Waals surface area contributed by atoms with Crippen molar-refractivity contribution in [2.75, 3.05) is 24.7 Å². The van der Waals surface area contributed by atoms with Crippen LogP contribution in [-0.4, -0.2) is 32.1 Å². The molecule has 1 heterocycles.